The van der Waals surface area contributed by atoms with E-state index in [1.54, 1.807) is 0 Å². The van der Waals surface area contributed by atoms with Crippen LogP contribution in [0, 0.1) is 11.3 Å². The molecule has 3 heteroatoms. The first-order valence-corrected chi connectivity index (χ1v) is 5.36. The van der Waals surface area contributed by atoms with Crippen LogP contribution in [0.4, 0.5) is 0 Å². The fourth-order valence-electron chi connectivity index (χ4n) is 1.38. The van der Waals surface area contributed by atoms with Gasteiger partial charge >= 0.3 is 0 Å². The van der Waals surface area contributed by atoms with Crippen LogP contribution in [0.3, 0.4) is 0 Å². The maximum absolute atomic E-state index is 8.37. The van der Waals surface area contributed by atoms with E-state index in [2.05, 4.69) is 23.3 Å². The van der Waals surface area contributed by atoms with Crippen LogP contribution in [-0.2, 0) is 0 Å². The number of hydrogen-bond donors (Lipinski definition) is 1. The molecule has 1 aromatic heterocycles. The van der Waals surface area contributed by atoms with Crippen molar-refractivity contribution in [2.24, 2.45) is 0 Å². The van der Waals surface area contributed by atoms with Crippen LogP contribution >= 0.6 is 0 Å². The van der Waals surface area contributed by atoms with Gasteiger partial charge in [0.05, 0.1) is 11.8 Å². The van der Waals surface area contributed by atoms with Gasteiger partial charge in [-0.05, 0) is 38.4 Å². The zero-order chi connectivity index (χ0) is 10.9. The van der Waals surface area contributed by atoms with Crippen LogP contribution in [0.25, 0.3) is 0 Å². The van der Waals surface area contributed by atoms with E-state index in [9.17, 15) is 0 Å². The highest BCUT2D eigenvalue weighted by atomic mass is 14.9. The molecule has 1 heterocycles. The maximum Gasteiger partial charge on any atom is 0.0621 e. The maximum atomic E-state index is 8.37. The van der Waals surface area contributed by atoms with Crippen molar-refractivity contribution in [2.45, 2.75) is 32.2 Å². The number of nitriles is 1. The van der Waals surface area contributed by atoms with Gasteiger partial charge in [0.2, 0.25) is 0 Å². The van der Waals surface area contributed by atoms with E-state index >= 15 is 0 Å². The van der Waals surface area contributed by atoms with Gasteiger partial charge in [-0.2, -0.15) is 5.26 Å². The van der Waals surface area contributed by atoms with Gasteiger partial charge in [0.15, 0.2) is 0 Å². The molecule has 0 amide bonds. The van der Waals surface area contributed by atoms with Crippen molar-refractivity contribution in [2.75, 3.05) is 6.54 Å². The van der Waals surface area contributed by atoms with E-state index in [0.717, 1.165) is 25.1 Å². The van der Waals surface area contributed by atoms with E-state index in [4.69, 9.17) is 5.26 Å². The minimum atomic E-state index is 0.285. The first kappa shape index (κ1) is 11.7. The lowest BCUT2D eigenvalue weighted by molar-refractivity contribution is 0.539. The highest BCUT2D eigenvalue weighted by molar-refractivity contribution is 5.07. The van der Waals surface area contributed by atoms with E-state index in [0.29, 0.717) is 6.42 Å². The lowest BCUT2D eigenvalue weighted by Crippen LogP contribution is -2.20. The Balaban J connectivity index is 2.20. The van der Waals surface area contributed by atoms with Gasteiger partial charge in [-0.15, -0.1) is 0 Å². The summed E-state index contributed by atoms with van der Waals surface area (Å²) in [6.07, 6.45) is 4.48. The van der Waals surface area contributed by atoms with Crippen molar-refractivity contribution < 1.29 is 0 Å². The zero-order valence-corrected chi connectivity index (χ0v) is 9.11. The van der Waals surface area contributed by atoms with E-state index in [1.165, 1.54) is 0 Å². The first-order chi connectivity index (χ1) is 7.34. The van der Waals surface area contributed by atoms with Crippen LogP contribution in [0.5, 0.6) is 0 Å². The molecule has 0 fully saturated rings. The van der Waals surface area contributed by atoms with Crippen LogP contribution in [0.1, 0.15) is 37.9 Å². The summed E-state index contributed by atoms with van der Waals surface area (Å²) in [5, 5.41) is 11.8. The van der Waals surface area contributed by atoms with Gasteiger partial charge in [-0.25, -0.2) is 0 Å². The molecule has 15 heavy (non-hydrogen) atoms. The molecule has 1 aromatic rings. The number of rotatable bonds is 6. The number of hydrogen-bond acceptors (Lipinski definition) is 3. The monoisotopic (exact) mass is 203 g/mol. The van der Waals surface area contributed by atoms with Crippen molar-refractivity contribution in [1.29, 1.82) is 5.26 Å². The molecule has 80 valence electrons. The lowest BCUT2D eigenvalue weighted by Gasteiger charge is -2.12. The Kier molecular flexibility index (Phi) is 5.42. The Labute approximate surface area is 91.1 Å². The van der Waals surface area contributed by atoms with Crippen LogP contribution in [0.15, 0.2) is 24.4 Å². The Morgan fingerprint density at radius 1 is 1.47 bits per heavy atom. The van der Waals surface area contributed by atoms with Gasteiger partial charge in [0, 0.05) is 18.7 Å². The molecule has 0 spiro atoms. The molecule has 0 saturated heterocycles. The Morgan fingerprint density at radius 2 is 2.33 bits per heavy atom. The second-order valence-corrected chi connectivity index (χ2v) is 3.55. The fourth-order valence-corrected chi connectivity index (χ4v) is 1.38. The lowest BCUT2D eigenvalue weighted by atomic mass is 10.2. The Morgan fingerprint density at radius 3 is 3.00 bits per heavy atom. The fraction of sp³-hybridized carbons (Fsp3) is 0.500. The number of pyridine rings is 1. The topological polar surface area (TPSA) is 48.7 Å². The number of aromatic nitrogens is 1. The molecule has 1 atom stereocenters. The molecule has 1 N–H and O–H groups in total. The Bertz CT molecular complexity index is 302. The summed E-state index contributed by atoms with van der Waals surface area (Å²) in [5.41, 5.74) is 1.07. The van der Waals surface area contributed by atoms with E-state index in [1.807, 2.05) is 24.4 Å². The van der Waals surface area contributed by atoms with Gasteiger partial charge in [0.25, 0.3) is 0 Å². The number of nitrogens with zero attached hydrogens (tertiary/aromatic N) is 2. The molecule has 0 saturated carbocycles. The van der Waals surface area contributed by atoms with Gasteiger partial charge < -0.3 is 5.32 Å². The highest BCUT2D eigenvalue weighted by Crippen LogP contribution is 2.07. The summed E-state index contributed by atoms with van der Waals surface area (Å²) in [6, 6.07) is 8.37. The molecule has 0 radical (unpaired) electrons. The average molecular weight is 203 g/mol. The summed E-state index contributed by atoms with van der Waals surface area (Å²) < 4.78 is 0. The molecule has 0 aliphatic rings. The Hall–Kier alpha value is -1.40. The van der Waals surface area contributed by atoms with Crippen molar-refractivity contribution >= 4 is 0 Å². The average Bonchev–Trinajstić information content (AvgIpc) is 2.30. The minimum Gasteiger partial charge on any atom is -0.309 e. The van der Waals surface area contributed by atoms with Crippen molar-refractivity contribution in [3.8, 4) is 6.07 Å². The van der Waals surface area contributed by atoms with Gasteiger partial charge in [-0.1, -0.05) is 6.07 Å². The van der Waals surface area contributed by atoms with Crippen molar-refractivity contribution in [3.63, 3.8) is 0 Å². The summed E-state index contributed by atoms with van der Waals surface area (Å²) >= 11 is 0. The molecule has 0 aromatic carbocycles. The third-order valence-electron chi connectivity index (χ3n) is 2.30. The molecule has 1 rings (SSSR count). The smallest absolute Gasteiger partial charge is 0.0621 e. The molecule has 0 unspecified atom stereocenters. The van der Waals surface area contributed by atoms with Crippen LogP contribution < -0.4 is 5.32 Å². The van der Waals surface area contributed by atoms with Gasteiger partial charge in [0.1, 0.15) is 0 Å². The van der Waals surface area contributed by atoms with Crippen LogP contribution in [-0.4, -0.2) is 11.5 Å². The molecular weight excluding hydrogens is 186 g/mol. The zero-order valence-electron chi connectivity index (χ0n) is 9.11. The summed E-state index contributed by atoms with van der Waals surface area (Å²) in [6.45, 7) is 3.05. The molecular formula is C12H17N3. The molecule has 0 bridgehead atoms. The molecule has 0 aliphatic carbocycles. The quantitative estimate of drug-likeness (QED) is 0.722. The molecule has 0 aliphatic heterocycles. The third-order valence-corrected chi connectivity index (χ3v) is 2.30. The normalized spacial score (nSPS) is 12.0. The van der Waals surface area contributed by atoms with Gasteiger partial charge in [-0.3, -0.25) is 4.98 Å². The summed E-state index contributed by atoms with van der Waals surface area (Å²) in [5.74, 6) is 0. The van der Waals surface area contributed by atoms with Crippen molar-refractivity contribution in [3.05, 3.63) is 30.1 Å². The second-order valence-electron chi connectivity index (χ2n) is 3.55. The largest absolute Gasteiger partial charge is 0.309 e. The SMILES string of the molecule is C[C@H](NCCCCC#N)c1ccccn1. The summed E-state index contributed by atoms with van der Waals surface area (Å²) in [7, 11) is 0. The van der Waals surface area contributed by atoms with E-state index < -0.39 is 0 Å². The first-order valence-electron chi connectivity index (χ1n) is 5.36. The molecule has 3 nitrogen and oxygen atoms in total. The van der Waals surface area contributed by atoms with E-state index in [-0.39, 0.29) is 6.04 Å². The second kappa shape index (κ2) is 6.97. The minimum absolute atomic E-state index is 0.285. The summed E-state index contributed by atoms with van der Waals surface area (Å²) in [4.78, 5) is 4.28. The number of nitrogens with one attached hydrogen (secondary N) is 1. The third kappa shape index (κ3) is 4.57. The standard InChI is InChI=1S/C12H17N3/c1-11(12-7-3-6-10-15-12)14-9-5-2-4-8-13/h3,6-7,10-11,14H,2,4-5,9H2,1H3/t11-/m0/s1. The van der Waals surface area contributed by atoms with Crippen LogP contribution in [0.2, 0.25) is 0 Å². The predicted molar refractivity (Wildman–Crippen MR) is 60.1 cm³/mol. The predicted octanol–water partition coefficient (Wildman–Crippen LogP) is 2.43. The number of unbranched alkanes of at least 4 members (excludes halogenated alkanes) is 2. The van der Waals surface area contributed by atoms with Crippen molar-refractivity contribution in [1.82, 2.24) is 10.3 Å². The highest BCUT2D eigenvalue weighted by Gasteiger charge is 2.03.